The molecule has 0 radical (unpaired) electrons. The molecule has 0 saturated carbocycles. The summed E-state index contributed by atoms with van der Waals surface area (Å²) in [4.78, 5) is 14.0. The van der Waals surface area contributed by atoms with Gasteiger partial charge in [-0.05, 0) is 64.7 Å². The molecule has 98 valence electrons. The quantitative estimate of drug-likeness (QED) is 0.626. The van der Waals surface area contributed by atoms with Gasteiger partial charge in [-0.15, -0.1) is 23.1 Å². The minimum atomic E-state index is -0.124. The van der Waals surface area contributed by atoms with E-state index in [0.29, 0.717) is 0 Å². The van der Waals surface area contributed by atoms with Crippen LogP contribution in [0.2, 0.25) is 0 Å². The molecule has 0 bridgehead atoms. The first-order valence-electron chi connectivity index (χ1n) is 5.56. The second-order valence-electron chi connectivity index (χ2n) is 3.69. The highest BCUT2D eigenvalue weighted by molar-refractivity contribution is 9.11. The molecule has 0 aliphatic carbocycles. The van der Waals surface area contributed by atoms with E-state index in [-0.39, 0.29) is 5.91 Å². The van der Waals surface area contributed by atoms with Crippen LogP contribution in [0.4, 0.5) is 5.69 Å². The maximum Gasteiger partial charge on any atom is 0.248 e. The summed E-state index contributed by atoms with van der Waals surface area (Å²) in [5, 5.41) is 2.83. The summed E-state index contributed by atoms with van der Waals surface area (Å²) in [7, 11) is 0. The maximum absolute atomic E-state index is 11.7. The highest BCUT2D eigenvalue weighted by Gasteiger charge is 1.99. The van der Waals surface area contributed by atoms with Gasteiger partial charge in [0.1, 0.15) is 0 Å². The molecule has 19 heavy (non-hydrogen) atoms. The number of benzene rings is 1. The Hall–Kier alpha value is -1.04. The van der Waals surface area contributed by atoms with Crippen molar-refractivity contribution in [1.29, 1.82) is 0 Å². The Balaban J connectivity index is 1.95. The lowest BCUT2D eigenvalue weighted by Gasteiger charge is -2.02. The Morgan fingerprint density at radius 3 is 2.58 bits per heavy atom. The van der Waals surface area contributed by atoms with E-state index in [1.165, 1.54) is 4.90 Å². The molecule has 2 rings (SSSR count). The molecular weight excluding hydrogens is 342 g/mol. The van der Waals surface area contributed by atoms with Crippen LogP contribution < -0.4 is 5.32 Å². The van der Waals surface area contributed by atoms with Gasteiger partial charge in [-0.2, -0.15) is 0 Å². The van der Waals surface area contributed by atoms with E-state index in [4.69, 9.17) is 0 Å². The minimum absolute atomic E-state index is 0.124. The SMILES string of the molecule is CSc1ccc(NC(=O)/C=C/c2ccc(Br)s2)cc1. The third kappa shape index (κ3) is 4.53. The second kappa shape index (κ2) is 6.93. The highest BCUT2D eigenvalue weighted by atomic mass is 79.9. The number of nitrogens with one attached hydrogen (secondary N) is 1. The van der Waals surface area contributed by atoms with Crippen molar-refractivity contribution in [3.05, 3.63) is 51.1 Å². The molecule has 0 fully saturated rings. The van der Waals surface area contributed by atoms with Crippen molar-refractivity contribution in [2.45, 2.75) is 4.90 Å². The standard InChI is InChI=1S/C14H12BrNOS2/c1-18-11-4-2-10(3-5-11)16-14(17)9-7-12-6-8-13(15)19-12/h2-9H,1H3,(H,16,17)/b9-7+. The molecule has 1 N–H and O–H groups in total. The van der Waals surface area contributed by atoms with Gasteiger partial charge in [0.25, 0.3) is 0 Å². The van der Waals surface area contributed by atoms with Crippen molar-refractivity contribution >= 4 is 56.7 Å². The fourth-order valence-electron chi connectivity index (χ4n) is 1.43. The fraction of sp³-hybridized carbons (Fsp3) is 0.0714. The Morgan fingerprint density at radius 2 is 2.00 bits per heavy atom. The number of rotatable bonds is 4. The fourth-order valence-corrected chi connectivity index (χ4v) is 3.17. The van der Waals surface area contributed by atoms with E-state index in [9.17, 15) is 4.79 Å². The Morgan fingerprint density at radius 1 is 1.26 bits per heavy atom. The lowest BCUT2D eigenvalue weighted by molar-refractivity contribution is -0.111. The summed E-state index contributed by atoms with van der Waals surface area (Å²) >= 11 is 6.65. The van der Waals surface area contributed by atoms with Gasteiger partial charge < -0.3 is 5.32 Å². The van der Waals surface area contributed by atoms with Crippen molar-refractivity contribution in [3.63, 3.8) is 0 Å². The summed E-state index contributed by atoms with van der Waals surface area (Å²) in [6.07, 6.45) is 5.37. The van der Waals surface area contributed by atoms with E-state index >= 15 is 0 Å². The summed E-state index contributed by atoms with van der Waals surface area (Å²) in [5.74, 6) is -0.124. The van der Waals surface area contributed by atoms with Gasteiger partial charge in [-0.3, -0.25) is 4.79 Å². The maximum atomic E-state index is 11.7. The average molecular weight is 354 g/mol. The Labute approximate surface area is 129 Å². The van der Waals surface area contributed by atoms with E-state index in [2.05, 4.69) is 21.2 Å². The molecule has 5 heteroatoms. The topological polar surface area (TPSA) is 29.1 Å². The monoisotopic (exact) mass is 353 g/mol. The zero-order chi connectivity index (χ0) is 13.7. The summed E-state index contributed by atoms with van der Waals surface area (Å²) in [5.41, 5.74) is 0.805. The zero-order valence-corrected chi connectivity index (χ0v) is 13.4. The van der Waals surface area contributed by atoms with Crippen molar-refractivity contribution in [2.24, 2.45) is 0 Å². The van der Waals surface area contributed by atoms with Crippen LogP contribution >= 0.6 is 39.0 Å². The number of hydrogen-bond acceptors (Lipinski definition) is 3. The third-order valence-electron chi connectivity index (χ3n) is 2.35. The lowest BCUT2D eigenvalue weighted by Crippen LogP contribution is -2.07. The number of carbonyl (C=O) groups is 1. The average Bonchev–Trinajstić information content (AvgIpc) is 2.83. The summed E-state index contributed by atoms with van der Waals surface area (Å²) in [6.45, 7) is 0. The number of carbonyl (C=O) groups excluding carboxylic acids is 1. The predicted molar refractivity (Wildman–Crippen MR) is 87.9 cm³/mol. The summed E-state index contributed by atoms with van der Waals surface area (Å²) in [6, 6.07) is 11.7. The zero-order valence-electron chi connectivity index (χ0n) is 10.2. The smallest absolute Gasteiger partial charge is 0.248 e. The summed E-state index contributed by atoms with van der Waals surface area (Å²) < 4.78 is 1.06. The molecule has 1 aromatic carbocycles. The normalized spacial score (nSPS) is 10.8. The van der Waals surface area contributed by atoms with Crippen molar-refractivity contribution in [1.82, 2.24) is 0 Å². The molecule has 0 aliphatic rings. The number of thioether (sulfide) groups is 1. The van der Waals surface area contributed by atoms with E-state index < -0.39 is 0 Å². The van der Waals surface area contributed by atoms with Gasteiger partial charge in [0.15, 0.2) is 0 Å². The number of anilines is 1. The molecule has 1 amide bonds. The van der Waals surface area contributed by atoms with E-state index in [1.807, 2.05) is 42.7 Å². The molecule has 2 nitrogen and oxygen atoms in total. The first kappa shape index (κ1) is 14.4. The number of thiophene rings is 1. The molecular formula is C14H12BrNOS2. The second-order valence-corrected chi connectivity index (χ2v) is 7.07. The van der Waals surface area contributed by atoms with Crippen molar-refractivity contribution < 1.29 is 4.79 Å². The van der Waals surface area contributed by atoms with Gasteiger partial charge >= 0.3 is 0 Å². The van der Waals surface area contributed by atoms with Crippen LogP contribution in [0, 0.1) is 0 Å². The van der Waals surface area contributed by atoms with Gasteiger partial charge in [-0.1, -0.05) is 0 Å². The van der Waals surface area contributed by atoms with Crippen LogP contribution in [0.15, 0.2) is 51.2 Å². The molecule has 0 saturated heterocycles. The van der Waals surface area contributed by atoms with Crippen LogP contribution in [-0.2, 0) is 4.79 Å². The molecule has 2 aromatic rings. The number of halogens is 1. The van der Waals surface area contributed by atoms with E-state index in [1.54, 1.807) is 35.3 Å². The predicted octanol–water partition coefficient (Wildman–Crippen LogP) is 4.88. The Bertz CT molecular complexity index is 590. The van der Waals surface area contributed by atoms with Crippen molar-refractivity contribution in [3.8, 4) is 0 Å². The molecule has 0 atom stereocenters. The Kier molecular flexibility index (Phi) is 5.24. The van der Waals surface area contributed by atoms with Crippen LogP contribution in [0.25, 0.3) is 6.08 Å². The van der Waals surface area contributed by atoms with E-state index in [0.717, 1.165) is 14.4 Å². The van der Waals surface area contributed by atoms with Gasteiger partial charge in [0.2, 0.25) is 5.91 Å². The van der Waals surface area contributed by atoms with Gasteiger partial charge in [0.05, 0.1) is 3.79 Å². The van der Waals surface area contributed by atoms with Gasteiger partial charge in [0, 0.05) is 21.5 Å². The first-order valence-corrected chi connectivity index (χ1v) is 8.39. The van der Waals surface area contributed by atoms with Crippen molar-refractivity contribution in [2.75, 3.05) is 11.6 Å². The van der Waals surface area contributed by atoms with Crippen LogP contribution in [0.1, 0.15) is 4.88 Å². The van der Waals surface area contributed by atoms with Crippen LogP contribution in [-0.4, -0.2) is 12.2 Å². The molecule has 0 unspecified atom stereocenters. The third-order valence-corrected chi connectivity index (χ3v) is 4.68. The number of amides is 1. The molecule has 1 heterocycles. The van der Waals surface area contributed by atoms with Gasteiger partial charge in [-0.25, -0.2) is 0 Å². The molecule has 0 spiro atoms. The van der Waals surface area contributed by atoms with Crippen LogP contribution in [0.3, 0.4) is 0 Å². The molecule has 1 aromatic heterocycles. The highest BCUT2D eigenvalue weighted by Crippen LogP contribution is 2.23. The van der Waals surface area contributed by atoms with Crippen LogP contribution in [0.5, 0.6) is 0 Å². The minimum Gasteiger partial charge on any atom is -0.323 e. The first-order chi connectivity index (χ1) is 9.17. The largest absolute Gasteiger partial charge is 0.323 e. The molecule has 0 aliphatic heterocycles. The number of hydrogen-bond donors (Lipinski definition) is 1. The lowest BCUT2D eigenvalue weighted by atomic mass is 10.3.